The number of hydrogen-bond donors (Lipinski definition) is 10. The summed E-state index contributed by atoms with van der Waals surface area (Å²) in [6.07, 6.45) is 41.6. The summed E-state index contributed by atoms with van der Waals surface area (Å²) >= 11 is 0. The average Bonchev–Trinajstić information content (AvgIpc) is 1.63. The lowest BCUT2D eigenvalue weighted by Gasteiger charge is -2.06. The predicted octanol–water partition coefficient (Wildman–Crippen LogP) is 17.0. The molecule has 22 aromatic heterocycles. The number of fused-ring (bicyclic) bond motifs is 8. The van der Waals surface area contributed by atoms with Gasteiger partial charge in [0.2, 0.25) is 11.8 Å². The van der Waals surface area contributed by atoms with Crippen molar-refractivity contribution in [2.24, 2.45) is 0 Å². The van der Waals surface area contributed by atoms with Gasteiger partial charge in [0, 0.05) is 209 Å². The molecule has 0 aliphatic carbocycles. The number of carbonyl (C=O) groups is 3. The second-order valence-electron chi connectivity index (χ2n) is 29.8. The maximum atomic E-state index is 13.8. The van der Waals surface area contributed by atoms with Crippen LogP contribution in [0.1, 0.15) is 45.7 Å². The fourth-order valence-electron chi connectivity index (χ4n) is 14.8. The molecule has 23 aromatic rings. The van der Waals surface area contributed by atoms with Crippen molar-refractivity contribution in [1.29, 1.82) is 0 Å². The predicted molar refractivity (Wildman–Crippen MR) is 489 cm³/mol. The summed E-state index contributed by atoms with van der Waals surface area (Å²) in [6.45, 7) is 5.46. The number of amides is 2. The molecule has 36 heteroatoms. The number of rotatable bonds is 18. The van der Waals surface area contributed by atoms with Gasteiger partial charge in [0.25, 0.3) is 0 Å². The summed E-state index contributed by atoms with van der Waals surface area (Å²) in [5, 5.41) is 38.5. The summed E-state index contributed by atoms with van der Waals surface area (Å²) in [5.74, 6) is 2.23. The quantitative estimate of drug-likeness (QED) is 0.0381. The van der Waals surface area contributed by atoms with Gasteiger partial charge in [0.15, 0.2) is 45.9 Å². The smallest absolute Gasteiger partial charge is 0.224 e. The minimum Gasteiger partial charge on any atom is -0.335 e. The van der Waals surface area contributed by atoms with Crippen molar-refractivity contribution < 1.29 is 18.8 Å². The zero-order chi connectivity index (χ0) is 88.1. The number of ketones is 1. The minimum absolute atomic E-state index is 0.0697. The van der Waals surface area contributed by atoms with Crippen LogP contribution in [0.4, 0.5) is 15.8 Å². The molecule has 10 N–H and O–H groups in total. The van der Waals surface area contributed by atoms with E-state index in [1.807, 2.05) is 110 Å². The first-order valence-electron chi connectivity index (χ1n) is 41.0. The fourth-order valence-corrected chi connectivity index (χ4v) is 14.8. The molecule has 23 rings (SSSR count). The van der Waals surface area contributed by atoms with E-state index in [1.165, 1.54) is 12.1 Å². The molecule has 0 unspecified atom stereocenters. The zero-order valence-electron chi connectivity index (χ0n) is 69.0. The number of aromatic amines is 8. The lowest BCUT2D eigenvalue weighted by atomic mass is 10.1. The van der Waals surface area contributed by atoms with Crippen molar-refractivity contribution in [2.75, 3.05) is 10.6 Å². The Morgan fingerprint density at radius 3 is 1.09 bits per heavy atom. The van der Waals surface area contributed by atoms with Crippen molar-refractivity contribution in [3.05, 3.63) is 269 Å². The molecule has 0 radical (unpaired) electrons. The van der Waals surface area contributed by atoms with E-state index in [-0.39, 0.29) is 23.4 Å². The molecule has 0 saturated carbocycles. The third-order valence-electron chi connectivity index (χ3n) is 21.4. The minimum atomic E-state index is -0.328. The molecule has 2 amide bonds. The summed E-state index contributed by atoms with van der Waals surface area (Å²) in [5.41, 5.74) is 25.7. The van der Waals surface area contributed by atoms with E-state index in [9.17, 15) is 18.8 Å². The molecule has 0 bridgehead atoms. The Bertz CT molecular complexity index is 8130. The van der Waals surface area contributed by atoms with Gasteiger partial charge in [-0.2, -0.15) is 20.4 Å². The van der Waals surface area contributed by atoms with Gasteiger partial charge in [-0.3, -0.25) is 84.6 Å². The molecule has 1 aromatic carbocycles. The van der Waals surface area contributed by atoms with Crippen LogP contribution in [-0.2, 0) is 20.8 Å². The number of nitrogens with zero attached hydrogens (tertiary/aromatic N) is 22. The number of pyridine rings is 14. The summed E-state index contributed by atoms with van der Waals surface area (Å²) in [6, 6.07) is 35.4. The van der Waals surface area contributed by atoms with E-state index in [0.29, 0.717) is 116 Å². The van der Waals surface area contributed by atoms with Crippen LogP contribution in [0.2, 0.25) is 0 Å². The van der Waals surface area contributed by atoms with Crippen molar-refractivity contribution in [2.45, 2.75) is 46.5 Å². The molecule has 130 heavy (non-hydrogen) atoms. The van der Waals surface area contributed by atoms with Gasteiger partial charge in [-0.05, 0) is 84.4 Å². The van der Waals surface area contributed by atoms with E-state index in [2.05, 4.69) is 146 Å². The van der Waals surface area contributed by atoms with Gasteiger partial charge in [-0.25, -0.2) is 44.3 Å². The van der Waals surface area contributed by atoms with Gasteiger partial charge >= 0.3 is 0 Å². The normalized spacial score (nSPS) is 11.3. The van der Waals surface area contributed by atoms with E-state index < -0.39 is 0 Å². The lowest BCUT2D eigenvalue weighted by Crippen LogP contribution is -2.09. The van der Waals surface area contributed by atoms with Crippen LogP contribution in [0.5, 0.6) is 0 Å². The van der Waals surface area contributed by atoms with Crippen LogP contribution in [-0.4, -0.2) is 168 Å². The molecule has 35 nitrogen and oxygen atoms in total. The van der Waals surface area contributed by atoms with Crippen molar-refractivity contribution in [1.82, 2.24) is 150 Å². The highest BCUT2D eigenvalue weighted by Gasteiger charge is 2.23. The number of imidazole rings is 4. The Morgan fingerprint density at radius 1 is 0.315 bits per heavy atom. The Morgan fingerprint density at radius 2 is 0.685 bits per heavy atom. The number of carbonyl (C=O) groups excluding carboxylic acids is 3. The summed E-state index contributed by atoms with van der Waals surface area (Å²) in [4.78, 5) is 128. The Kier molecular flexibility index (Phi) is 21.6. The highest BCUT2D eigenvalue weighted by molar-refractivity contribution is 6.02. The summed E-state index contributed by atoms with van der Waals surface area (Å²) < 4.78 is 13.8. The van der Waals surface area contributed by atoms with Crippen molar-refractivity contribution in [3.8, 4) is 124 Å². The molecular weight excluding hydrogens is 1640 g/mol. The van der Waals surface area contributed by atoms with Crippen LogP contribution in [0.15, 0.2) is 258 Å². The maximum Gasteiger partial charge on any atom is 0.224 e. The largest absolute Gasteiger partial charge is 0.335 e. The van der Waals surface area contributed by atoms with Crippen LogP contribution < -0.4 is 10.6 Å². The van der Waals surface area contributed by atoms with Crippen molar-refractivity contribution in [3.63, 3.8) is 0 Å². The topological polar surface area (TPSA) is 485 Å². The van der Waals surface area contributed by atoms with Gasteiger partial charge < -0.3 is 30.6 Å². The SMILES string of the molecule is CCC(=O)Cc1ccc(-c2cnc3n[nH]c(-c4nc5c(-c6cccnc6)cncc5[nH]4)c3c2)cn1.CCC(=O)Nc1cncc(-c2cnc3n[nH]c(-c4nc5c(-c6cccc(F)c6)cncc5[nH]4)c3c2)c1.CCC(=O)Nc1cncc(-c2cnc3n[nH]c(-c4nc5c(-c6cccnc6)cncc5[nH]4)c3c2)c1.c1cncc(-c2cnc3n[nH]c(-c4nc5ccncc5[nH]4)c3c2)c1. The molecule has 0 aliphatic heterocycles. The molecule has 0 atom stereocenters. The van der Waals surface area contributed by atoms with Gasteiger partial charge in [-0.1, -0.05) is 57.2 Å². The molecule has 0 fully saturated rings. The average molecular weight is 1710 g/mol. The standard InChI is InChI=1S/C26H19FN8O.C26H20N8O.C25H19N9O.C17H11N7/c1-2-22(36)31-18-7-15(9-28-11-18)16-8-19-24(34-35-25(19)30-10-16)26-32-21-13-29-12-20(23(21)33-26)14-4-3-5-17(27)6-14;1-2-19(35)9-18-6-5-15(11-29-18)17-8-20-24(33-34-25(20)30-12-17)26-31-22-14-28-13-21(23(22)32-26)16-4-3-7-27-10-16;1-2-21(35)30-17-6-15(9-27-11-17)16-7-18-23(33-34-24(18)29-10-16)25-31-20-13-28-12-19(22(20)32-25)14-4-3-5-26-8-14;1-2-10(7-18-4-1)11-6-12-15(23-24-16(12)20-8-11)17-21-13-3-5-19-9-14(13)22-17/h3-13H,2H2,1H3,(H,31,36)(H,32,33)(H,30,34,35);3-8,10-14H,2,9H2,1H3,(H,31,32)(H,30,33,34);3-13H,2H2,1H3,(H,30,35)(H,31,32)(H,29,33,34);1-9H,(H,21,22)(H,20,23,24). The highest BCUT2D eigenvalue weighted by Crippen LogP contribution is 2.38. The van der Waals surface area contributed by atoms with Gasteiger partial charge in [0.05, 0.1) is 103 Å². The Labute approximate surface area is 732 Å². The second-order valence-corrected chi connectivity index (χ2v) is 29.8. The van der Waals surface area contributed by atoms with E-state index >= 15 is 0 Å². The third kappa shape index (κ3) is 16.4. The number of nitrogens with one attached hydrogen (secondary N) is 10. The number of aromatic nitrogens is 30. The van der Waals surface area contributed by atoms with Crippen LogP contribution in [0.3, 0.4) is 0 Å². The van der Waals surface area contributed by atoms with Crippen molar-refractivity contribution >= 4 is 117 Å². The number of Topliss-reactive ketones (excluding diaryl/α,β-unsaturated/α-hetero) is 1. The molecular formula is C94H69FN32O3. The van der Waals surface area contributed by atoms with E-state index in [1.54, 1.807) is 156 Å². The molecule has 0 saturated heterocycles. The number of H-pyrrole nitrogens is 8. The van der Waals surface area contributed by atoms with Crippen LogP contribution in [0, 0.1) is 5.82 Å². The second kappa shape index (κ2) is 35.1. The monoisotopic (exact) mass is 1710 g/mol. The number of halogens is 1. The van der Waals surface area contributed by atoms with Gasteiger partial charge in [-0.15, -0.1) is 0 Å². The third-order valence-corrected chi connectivity index (χ3v) is 21.4. The van der Waals surface area contributed by atoms with Crippen LogP contribution >= 0.6 is 0 Å². The first kappa shape index (κ1) is 80.1. The zero-order valence-corrected chi connectivity index (χ0v) is 69.0. The molecule has 0 aliphatic rings. The number of hydrogen-bond acceptors (Lipinski definition) is 25. The number of anilines is 2. The van der Waals surface area contributed by atoms with E-state index in [0.717, 1.165) is 138 Å². The lowest BCUT2D eigenvalue weighted by molar-refractivity contribution is -0.118. The van der Waals surface area contributed by atoms with Gasteiger partial charge in [0.1, 0.15) is 45.4 Å². The number of benzene rings is 1. The molecule has 22 heterocycles. The molecule has 0 spiro atoms. The maximum absolute atomic E-state index is 13.8. The Hall–Kier alpha value is -18.4. The Balaban J connectivity index is 0.000000109. The summed E-state index contributed by atoms with van der Waals surface area (Å²) in [7, 11) is 0. The first-order valence-corrected chi connectivity index (χ1v) is 41.0. The molecule has 630 valence electrons. The highest BCUT2D eigenvalue weighted by atomic mass is 19.1. The van der Waals surface area contributed by atoms with E-state index in [4.69, 9.17) is 15.0 Å². The van der Waals surface area contributed by atoms with Crippen LogP contribution in [0.25, 0.3) is 212 Å². The fraction of sp³-hybridized carbons (Fsp3) is 0.0745. The first-order chi connectivity index (χ1) is 63.8.